The molecule has 18 heavy (non-hydrogen) atoms. The zero-order valence-electron chi connectivity index (χ0n) is 11.0. The Balaban J connectivity index is 2.68. The van der Waals surface area contributed by atoms with Gasteiger partial charge < -0.3 is 5.32 Å². The van der Waals surface area contributed by atoms with E-state index in [2.05, 4.69) is 14.8 Å². The van der Waals surface area contributed by atoms with Crippen molar-refractivity contribution in [3.63, 3.8) is 0 Å². The molecule has 6 heteroatoms. The number of benzene rings is 1. The normalized spacial score (nSPS) is 11.8. The Labute approximate surface area is 109 Å². The largest absolute Gasteiger partial charge is 0.316 e. The van der Waals surface area contributed by atoms with Crippen LogP contribution in [0.3, 0.4) is 0 Å². The molecule has 102 valence electrons. The average molecular weight is 271 g/mol. The van der Waals surface area contributed by atoms with Gasteiger partial charge in [-0.3, -0.25) is 4.72 Å². The van der Waals surface area contributed by atoms with Crippen LogP contribution in [0.25, 0.3) is 0 Å². The molecule has 0 aliphatic carbocycles. The van der Waals surface area contributed by atoms with Crippen molar-refractivity contribution in [1.29, 1.82) is 0 Å². The third kappa shape index (κ3) is 5.48. The molecule has 0 bridgehead atoms. The molecule has 5 nitrogen and oxygen atoms in total. The van der Waals surface area contributed by atoms with Crippen molar-refractivity contribution in [2.24, 2.45) is 5.92 Å². The molecule has 1 aromatic rings. The van der Waals surface area contributed by atoms with Gasteiger partial charge in [0.1, 0.15) is 0 Å². The number of hydrogen-bond donors (Lipinski definition) is 3. The monoisotopic (exact) mass is 271 g/mol. The third-order valence-electron chi connectivity index (χ3n) is 2.24. The summed E-state index contributed by atoms with van der Waals surface area (Å²) in [5.41, 5.74) is 1.60. The van der Waals surface area contributed by atoms with E-state index in [0.29, 0.717) is 18.8 Å². The minimum atomic E-state index is -3.48. The Morgan fingerprint density at radius 2 is 2.00 bits per heavy atom. The fourth-order valence-electron chi connectivity index (χ4n) is 1.42. The Kier molecular flexibility index (Phi) is 5.58. The summed E-state index contributed by atoms with van der Waals surface area (Å²) in [5, 5.41) is 3.02. The topological polar surface area (TPSA) is 70.2 Å². The van der Waals surface area contributed by atoms with Gasteiger partial charge in [-0.25, -0.2) is 0 Å². The van der Waals surface area contributed by atoms with Crippen LogP contribution in [0.1, 0.15) is 19.4 Å². The Morgan fingerprint density at radius 3 is 2.61 bits per heavy atom. The van der Waals surface area contributed by atoms with E-state index < -0.39 is 10.2 Å². The highest BCUT2D eigenvalue weighted by Gasteiger charge is 2.10. The molecule has 0 saturated carbocycles. The van der Waals surface area contributed by atoms with Crippen molar-refractivity contribution in [3.05, 3.63) is 29.8 Å². The van der Waals surface area contributed by atoms with Crippen molar-refractivity contribution in [1.82, 2.24) is 10.0 Å². The fraction of sp³-hybridized carbons (Fsp3) is 0.500. The molecule has 0 saturated heterocycles. The molecule has 0 unspecified atom stereocenters. The molecule has 0 aliphatic heterocycles. The molecule has 0 fully saturated rings. The Morgan fingerprint density at radius 1 is 1.28 bits per heavy atom. The maximum Gasteiger partial charge on any atom is 0.299 e. The predicted octanol–water partition coefficient (Wildman–Crippen LogP) is 1.31. The first-order valence-corrected chi connectivity index (χ1v) is 7.42. The Bertz CT molecular complexity index is 472. The van der Waals surface area contributed by atoms with E-state index in [1.54, 1.807) is 6.07 Å². The molecule has 0 radical (unpaired) electrons. The molecule has 0 aliphatic rings. The molecular formula is C12H21N3O2S. The highest BCUT2D eigenvalue weighted by Crippen LogP contribution is 2.11. The molecule has 1 rings (SSSR count). The van der Waals surface area contributed by atoms with E-state index in [-0.39, 0.29) is 5.92 Å². The van der Waals surface area contributed by atoms with Gasteiger partial charge in [0.25, 0.3) is 10.2 Å². The van der Waals surface area contributed by atoms with E-state index >= 15 is 0 Å². The lowest BCUT2D eigenvalue weighted by atomic mass is 10.2. The number of rotatable bonds is 7. The van der Waals surface area contributed by atoms with Gasteiger partial charge in [0, 0.05) is 13.1 Å². The van der Waals surface area contributed by atoms with Crippen molar-refractivity contribution in [2.45, 2.75) is 20.4 Å². The second-order valence-electron chi connectivity index (χ2n) is 4.58. The number of hydrogen-bond acceptors (Lipinski definition) is 3. The standard InChI is InChI=1S/C12H21N3O2S/c1-10(2)8-14-18(16,17)15-12-6-4-5-11(7-12)9-13-3/h4-7,10,13-15H,8-9H2,1-3H3. The van der Waals surface area contributed by atoms with Gasteiger partial charge in [0.05, 0.1) is 5.69 Å². The van der Waals surface area contributed by atoms with Gasteiger partial charge in [-0.2, -0.15) is 13.1 Å². The van der Waals surface area contributed by atoms with Crippen LogP contribution >= 0.6 is 0 Å². The van der Waals surface area contributed by atoms with Gasteiger partial charge in [0.15, 0.2) is 0 Å². The van der Waals surface area contributed by atoms with Crippen LogP contribution in [0.15, 0.2) is 24.3 Å². The van der Waals surface area contributed by atoms with E-state index in [1.165, 1.54) is 0 Å². The lowest BCUT2D eigenvalue weighted by Crippen LogP contribution is -2.32. The summed E-state index contributed by atoms with van der Waals surface area (Å²) in [6.07, 6.45) is 0. The summed E-state index contributed by atoms with van der Waals surface area (Å²) in [7, 11) is -1.63. The van der Waals surface area contributed by atoms with Crippen molar-refractivity contribution < 1.29 is 8.42 Å². The highest BCUT2D eigenvalue weighted by atomic mass is 32.2. The maximum absolute atomic E-state index is 11.7. The zero-order chi connectivity index (χ0) is 13.6. The van der Waals surface area contributed by atoms with Crippen molar-refractivity contribution in [2.75, 3.05) is 18.3 Å². The predicted molar refractivity (Wildman–Crippen MR) is 74.6 cm³/mol. The quantitative estimate of drug-likeness (QED) is 0.700. The lowest BCUT2D eigenvalue weighted by molar-refractivity contribution is 0.565. The van der Waals surface area contributed by atoms with E-state index in [1.807, 2.05) is 39.1 Å². The van der Waals surface area contributed by atoms with Crippen LogP contribution in [0.2, 0.25) is 0 Å². The zero-order valence-corrected chi connectivity index (χ0v) is 11.8. The van der Waals surface area contributed by atoms with Crippen LogP contribution < -0.4 is 14.8 Å². The first-order chi connectivity index (χ1) is 8.43. The van der Waals surface area contributed by atoms with Crippen molar-refractivity contribution >= 4 is 15.9 Å². The molecule has 1 aromatic carbocycles. The van der Waals surface area contributed by atoms with Gasteiger partial charge in [-0.05, 0) is 30.7 Å². The fourth-order valence-corrected chi connectivity index (χ4v) is 2.48. The molecule has 0 atom stereocenters. The molecule has 0 heterocycles. The molecule has 0 aromatic heterocycles. The van der Waals surface area contributed by atoms with Crippen LogP contribution in [0.5, 0.6) is 0 Å². The molecule has 0 spiro atoms. The van der Waals surface area contributed by atoms with Crippen LogP contribution in [0, 0.1) is 5.92 Å². The number of nitrogens with one attached hydrogen (secondary N) is 3. The first kappa shape index (κ1) is 14.9. The Hall–Kier alpha value is -1.11. The highest BCUT2D eigenvalue weighted by molar-refractivity contribution is 7.90. The molecule has 3 N–H and O–H groups in total. The minimum absolute atomic E-state index is 0.275. The van der Waals surface area contributed by atoms with E-state index in [9.17, 15) is 8.42 Å². The van der Waals surface area contributed by atoms with E-state index in [0.717, 1.165) is 5.56 Å². The summed E-state index contributed by atoms with van der Waals surface area (Å²) >= 11 is 0. The van der Waals surface area contributed by atoms with Crippen LogP contribution in [0.4, 0.5) is 5.69 Å². The van der Waals surface area contributed by atoms with Crippen LogP contribution in [-0.2, 0) is 16.8 Å². The SMILES string of the molecule is CNCc1cccc(NS(=O)(=O)NCC(C)C)c1. The van der Waals surface area contributed by atoms with Gasteiger partial charge in [-0.15, -0.1) is 0 Å². The second-order valence-corrected chi connectivity index (χ2v) is 6.08. The first-order valence-electron chi connectivity index (χ1n) is 5.94. The third-order valence-corrected chi connectivity index (χ3v) is 3.29. The molecular weight excluding hydrogens is 250 g/mol. The number of anilines is 1. The molecule has 0 amide bonds. The van der Waals surface area contributed by atoms with E-state index in [4.69, 9.17) is 0 Å². The summed E-state index contributed by atoms with van der Waals surface area (Å²) in [6, 6.07) is 7.31. The summed E-state index contributed by atoms with van der Waals surface area (Å²) in [4.78, 5) is 0. The van der Waals surface area contributed by atoms with Crippen molar-refractivity contribution in [3.8, 4) is 0 Å². The summed E-state index contributed by atoms with van der Waals surface area (Å²) in [5.74, 6) is 0.275. The lowest BCUT2D eigenvalue weighted by Gasteiger charge is -2.11. The van der Waals surface area contributed by atoms with Crippen LogP contribution in [-0.4, -0.2) is 22.0 Å². The smallest absolute Gasteiger partial charge is 0.299 e. The summed E-state index contributed by atoms with van der Waals surface area (Å²) in [6.45, 7) is 5.03. The average Bonchev–Trinajstić information content (AvgIpc) is 2.27. The van der Waals surface area contributed by atoms with Gasteiger partial charge in [-0.1, -0.05) is 26.0 Å². The maximum atomic E-state index is 11.7. The van der Waals surface area contributed by atoms with Gasteiger partial charge in [0.2, 0.25) is 0 Å². The minimum Gasteiger partial charge on any atom is -0.316 e. The second kappa shape index (κ2) is 6.72. The summed E-state index contributed by atoms with van der Waals surface area (Å²) < 4.78 is 28.5. The van der Waals surface area contributed by atoms with Gasteiger partial charge >= 0.3 is 0 Å².